The van der Waals surface area contributed by atoms with E-state index in [0.717, 1.165) is 22.4 Å². The monoisotopic (exact) mass is 418 g/mol. The van der Waals surface area contributed by atoms with Gasteiger partial charge in [-0.1, -0.05) is 90.1 Å². The van der Waals surface area contributed by atoms with Crippen molar-refractivity contribution in [2.75, 3.05) is 0 Å². The number of hydrogen-bond acceptors (Lipinski definition) is 2. The van der Waals surface area contributed by atoms with Crippen molar-refractivity contribution in [2.45, 2.75) is 59.3 Å². The molecule has 1 heterocycles. The Hall–Kier alpha value is -2.31. The number of hydrogen-bond donors (Lipinski definition) is 0. The summed E-state index contributed by atoms with van der Waals surface area (Å²) in [5.41, 5.74) is 6.26. The minimum absolute atomic E-state index is 0.374. The van der Waals surface area contributed by atoms with Crippen LogP contribution in [0.2, 0.25) is 0 Å². The molecule has 0 aliphatic carbocycles. The number of fused-ring (bicyclic) bond motifs is 3. The zero-order valence-corrected chi connectivity index (χ0v) is 19.7. The topological polar surface area (TPSA) is 18.5 Å². The third-order valence-corrected chi connectivity index (χ3v) is 7.21. The normalized spacial score (nSPS) is 15.2. The van der Waals surface area contributed by atoms with Gasteiger partial charge in [-0.05, 0) is 52.1 Å². The Kier molecular flexibility index (Phi) is 5.89. The van der Waals surface area contributed by atoms with E-state index >= 15 is 0 Å². The van der Waals surface area contributed by atoms with E-state index in [1.807, 2.05) is 12.1 Å². The number of para-hydroxylation sites is 1. The fraction of sp³-hybridized carbons (Fsp3) is 0.333. The van der Waals surface area contributed by atoms with Crippen molar-refractivity contribution in [3.05, 3.63) is 77.4 Å². The van der Waals surface area contributed by atoms with Crippen molar-refractivity contribution in [3.8, 4) is 22.6 Å². The van der Waals surface area contributed by atoms with E-state index in [-0.39, 0.29) is 0 Å². The third kappa shape index (κ3) is 3.86. The standard InChI is InChI=1S/C27H31O2P/c1-17(2)20-15-23(18(3)4)27(24(16-20)19(5)6)29-30-26-14-10-8-12-22(26)21-11-7-9-13-25(21)28-30/h7-19H,1-6H3. The van der Waals surface area contributed by atoms with Crippen LogP contribution < -0.4 is 14.4 Å². The first-order chi connectivity index (χ1) is 14.4. The SMILES string of the molecule is CC(C)c1cc(C(C)C)c(OP2Oc3ccccc3-c3ccccc32)c(C(C)C)c1. The van der Waals surface area contributed by atoms with E-state index < -0.39 is 8.38 Å². The van der Waals surface area contributed by atoms with Crippen LogP contribution in [-0.4, -0.2) is 0 Å². The van der Waals surface area contributed by atoms with Crippen LogP contribution in [0.15, 0.2) is 60.7 Å². The lowest BCUT2D eigenvalue weighted by Crippen LogP contribution is -2.18. The van der Waals surface area contributed by atoms with Gasteiger partial charge in [0.05, 0.1) is 5.30 Å². The molecule has 2 nitrogen and oxygen atoms in total. The predicted molar refractivity (Wildman–Crippen MR) is 128 cm³/mol. The Bertz CT molecular complexity index is 1020. The van der Waals surface area contributed by atoms with Gasteiger partial charge in [-0.25, -0.2) is 0 Å². The molecule has 156 valence electrons. The zero-order valence-electron chi connectivity index (χ0n) is 18.8. The van der Waals surface area contributed by atoms with Gasteiger partial charge in [-0.15, -0.1) is 0 Å². The van der Waals surface area contributed by atoms with Gasteiger partial charge in [0, 0.05) is 5.56 Å². The molecule has 3 heteroatoms. The highest BCUT2D eigenvalue weighted by Gasteiger charge is 2.31. The van der Waals surface area contributed by atoms with Crippen LogP contribution in [-0.2, 0) is 0 Å². The predicted octanol–water partition coefficient (Wildman–Crippen LogP) is 8.13. The molecule has 0 bridgehead atoms. The average molecular weight is 419 g/mol. The Morgan fingerprint density at radius 3 is 1.87 bits per heavy atom. The summed E-state index contributed by atoms with van der Waals surface area (Å²) in [6.07, 6.45) is 0. The number of benzene rings is 3. The molecule has 3 aromatic carbocycles. The van der Waals surface area contributed by atoms with Gasteiger partial charge in [-0.3, -0.25) is 0 Å². The molecule has 0 saturated carbocycles. The fourth-order valence-electron chi connectivity index (χ4n) is 3.91. The minimum Gasteiger partial charge on any atom is -0.435 e. The molecular formula is C27H31O2P. The molecule has 3 aromatic rings. The Morgan fingerprint density at radius 2 is 1.27 bits per heavy atom. The van der Waals surface area contributed by atoms with E-state index in [9.17, 15) is 0 Å². The summed E-state index contributed by atoms with van der Waals surface area (Å²) < 4.78 is 13.3. The molecule has 30 heavy (non-hydrogen) atoms. The summed E-state index contributed by atoms with van der Waals surface area (Å²) in [6, 6.07) is 21.4. The van der Waals surface area contributed by atoms with Gasteiger partial charge < -0.3 is 9.05 Å². The van der Waals surface area contributed by atoms with Crippen LogP contribution in [0.25, 0.3) is 11.1 Å². The van der Waals surface area contributed by atoms with Crippen LogP contribution in [0.1, 0.15) is 76.0 Å². The molecule has 4 rings (SSSR count). The van der Waals surface area contributed by atoms with Gasteiger partial charge in [0.15, 0.2) is 0 Å². The van der Waals surface area contributed by atoms with Gasteiger partial charge in [0.2, 0.25) is 0 Å². The lowest BCUT2D eigenvalue weighted by Gasteiger charge is -2.30. The van der Waals surface area contributed by atoms with E-state index in [4.69, 9.17) is 9.05 Å². The van der Waals surface area contributed by atoms with Gasteiger partial charge in [-0.2, -0.15) is 0 Å². The maximum absolute atomic E-state index is 6.80. The fourth-order valence-corrected chi connectivity index (χ4v) is 5.46. The summed E-state index contributed by atoms with van der Waals surface area (Å²) in [4.78, 5) is 0. The van der Waals surface area contributed by atoms with Crippen LogP contribution >= 0.6 is 8.38 Å². The minimum atomic E-state index is -1.26. The molecule has 0 aromatic heterocycles. The van der Waals surface area contributed by atoms with Gasteiger partial charge in [0.1, 0.15) is 11.5 Å². The molecule has 1 aliphatic heterocycles. The molecule has 0 saturated heterocycles. The molecule has 0 radical (unpaired) electrons. The molecule has 0 spiro atoms. The average Bonchev–Trinajstić information content (AvgIpc) is 2.73. The highest BCUT2D eigenvalue weighted by Crippen LogP contribution is 2.51. The molecule has 1 aliphatic rings. The Balaban J connectivity index is 1.83. The zero-order chi connectivity index (χ0) is 21.4. The van der Waals surface area contributed by atoms with Crippen LogP contribution in [0.5, 0.6) is 11.5 Å². The second-order valence-corrected chi connectivity index (χ2v) is 10.3. The van der Waals surface area contributed by atoms with Gasteiger partial charge in [0.25, 0.3) is 0 Å². The van der Waals surface area contributed by atoms with E-state index in [1.54, 1.807) is 0 Å². The Morgan fingerprint density at radius 1 is 0.700 bits per heavy atom. The maximum atomic E-state index is 6.80. The van der Waals surface area contributed by atoms with Crippen LogP contribution in [0, 0.1) is 0 Å². The van der Waals surface area contributed by atoms with E-state index in [0.29, 0.717) is 17.8 Å². The van der Waals surface area contributed by atoms with Crippen LogP contribution in [0.3, 0.4) is 0 Å². The lowest BCUT2D eigenvalue weighted by molar-refractivity contribution is 0.488. The molecular weight excluding hydrogens is 387 g/mol. The molecule has 0 N–H and O–H groups in total. The first kappa shape index (κ1) is 20.9. The van der Waals surface area contributed by atoms with Crippen LogP contribution in [0.4, 0.5) is 0 Å². The molecule has 0 fully saturated rings. The van der Waals surface area contributed by atoms with Crippen molar-refractivity contribution in [2.24, 2.45) is 0 Å². The van der Waals surface area contributed by atoms with Crippen molar-refractivity contribution < 1.29 is 9.05 Å². The summed E-state index contributed by atoms with van der Waals surface area (Å²) in [7, 11) is -1.26. The van der Waals surface area contributed by atoms with Crippen molar-refractivity contribution in [1.29, 1.82) is 0 Å². The number of rotatable bonds is 5. The molecule has 1 unspecified atom stereocenters. The largest absolute Gasteiger partial charge is 0.435 e. The first-order valence-corrected chi connectivity index (χ1v) is 12.1. The summed E-state index contributed by atoms with van der Waals surface area (Å²) in [5.74, 6) is 3.14. The second-order valence-electron chi connectivity index (χ2n) is 8.95. The van der Waals surface area contributed by atoms with E-state index in [1.165, 1.54) is 22.3 Å². The van der Waals surface area contributed by atoms with Crippen molar-refractivity contribution in [3.63, 3.8) is 0 Å². The quantitative estimate of drug-likeness (QED) is 0.389. The summed E-state index contributed by atoms with van der Waals surface area (Å²) in [5, 5.41) is 1.14. The third-order valence-electron chi connectivity index (χ3n) is 5.71. The summed E-state index contributed by atoms with van der Waals surface area (Å²) in [6.45, 7) is 13.5. The maximum Gasteiger partial charge on any atom is 0.326 e. The van der Waals surface area contributed by atoms with Gasteiger partial charge >= 0.3 is 8.38 Å². The molecule has 1 atom stereocenters. The smallest absolute Gasteiger partial charge is 0.326 e. The lowest BCUT2D eigenvalue weighted by atomic mass is 9.88. The van der Waals surface area contributed by atoms with Crippen molar-refractivity contribution >= 4 is 13.7 Å². The Labute approximate surface area is 182 Å². The molecule has 0 amide bonds. The van der Waals surface area contributed by atoms with Crippen molar-refractivity contribution in [1.82, 2.24) is 0 Å². The van der Waals surface area contributed by atoms with E-state index in [2.05, 4.69) is 90.1 Å². The second kappa shape index (κ2) is 8.44. The highest BCUT2D eigenvalue weighted by atomic mass is 31.2. The first-order valence-electron chi connectivity index (χ1n) is 10.9. The highest BCUT2D eigenvalue weighted by molar-refractivity contribution is 7.57. The summed E-state index contributed by atoms with van der Waals surface area (Å²) >= 11 is 0.